The van der Waals surface area contributed by atoms with Crippen molar-refractivity contribution in [1.29, 1.82) is 0 Å². The van der Waals surface area contributed by atoms with Crippen LogP contribution in [-0.2, 0) is 20.2 Å². The van der Waals surface area contributed by atoms with E-state index in [1.807, 2.05) is 36.9 Å². The molecule has 1 aromatic carbocycles. The fourth-order valence-electron chi connectivity index (χ4n) is 2.07. The van der Waals surface area contributed by atoms with Crippen molar-refractivity contribution < 1.29 is 4.74 Å². The summed E-state index contributed by atoms with van der Waals surface area (Å²) in [5.74, 6) is 0.892. The van der Waals surface area contributed by atoms with Crippen molar-refractivity contribution in [2.45, 2.75) is 33.4 Å². The first-order chi connectivity index (χ1) is 9.69. The number of benzene rings is 1. The van der Waals surface area contributed by atoms with Crippen LogP contribution >= 0.6 is 0 Å². The van der Waals surface area contributed by atoms with E-state index in [2.05, 4.69) is 29.5 Å². The second-order valence-corrected chi connectivity index (χ2v) is 5.01. The van der Waals surface area contributed by atoms with Crippen LogP contribution in [0.25, 0.3) is 0 Å². The maximum Gasteiger partial charge on any atom is 0.130 e. The van der Waals surface area contributed by atoms with Crippen LogP contribution in [-0.4, -0.2) is 16.3 Å². The summed E-state index contributed by atoms with van der Waals surface area (Å²) in [6.07, 6.45) is 1.16. The number of hydrogen-bond acceptors (Lipinski definition) is 3. The first kappa shape index (κ1) is 14.6. The molecule has 2 rings (SSSR count). The molecule has 0 spiro atoms. The molecule has 0 aliphatic carbocycles. The summed E-state index contributed by atoms with van der Waals surface area (Å²) < 4.78 is 7.65. The normalized spacial score (nSPS) is 10.8. The molecule has 1 aromatic heterocycles. The lowest BCUT2D eigenvalue weighted by Crippen LogP contribution is -2.13. The van der Waals surface area contributed by atoms with Gasteiger partial charge in [-0.25, -0.2) is 0 Å². The van der Waals surface area contributed by atoms with Crippen molar-refractivity contribution in [2.24, 2.45) is 7.05 Å². The third kappa shape index (κ3) is 4.10. The number of aryl methyl sites for hydroxylation is 2. The predicted octanol–water partition coefficient (Wildman–Crippen LogP) is 2.81. The first-order valence-corrected chi connectivity index (χ1v) is 7.11. The third-order valence-corrected chi connectivity index (χ3v) is 3.16. The highest BCUT2D eigenvalue weighted by Crippen LogP contribution is 2.14. The Morgan fingerprint density at radius 3 is 2.60 bits per heavy atom. The zero-order valence-corrected chi connectivity index (χ0v) is 12.5. The molecular weight excluding hydrogens is 250 g/mol. The highest BCUT2D eigenvalue weighted by molar-refractivity contribution is 5.27. The molecule has 0 saturated heterocycles. The van der Waals surface area contributed by atoms with Gasteiger partial charge in [-0.05, 0) is 43.7 Å². The van der Waals surface area contributed by atoms with Crippen LogP contribution in [0.3, 0.4) is 0 Å². The molecule has 2 aromatic rings. The van der Waals surface area contributed by atoms with Crippen LogP contribution in [0.15, 0.2) is 30.3 Å². The third-order valence-electron chi connectivity index (χ3n) is 3.16. The molecule has 1 heterocycles. The molecule has 1 N–H and O–H groups in total. The molecule has 0 unspecified atom stereocenters. The maximum atomic E-state index is 5.79. The average molecular weight is 273 g/mol. The van der Waals surface area contributed by atoms with Crippen LogP contribution < -0.4 is 10.1 Å². The van der Waals surface area contributed by atoms with E-state index >= 15 is 0 Å². The molecule has 4 heteroatoms. The van der Waals surface area contributed by atoms with E-state index in [0.29, 0.717) is 6.61 Å². The number of aromatic nitrogens is 2. The van der Waals surface area contributed by atoms with Crippen LogP contribution in [0.2, 0.25) is 0 Å². The number of nitrogens with one attached hydrogen (secondary N) is 1. The molecule has 0 bridgehead atoms. The zero-order chi connectivity index (χ0) is 14.4. The molecule has 108 valence electrons. The Balaban J connectivity index is 1.86. The van der Waals surface area contributed by atoms with E-state index in [-0.39, 0.29) is 0 Å². The highest BCUT2D eigenvalue weighted by atomic mass is 16.5. The van der Waals surface area contributed by atoms with Gasteiger partial charge in [0.15, 0.2) is 0 Å². The summed E-state index contributed by atoms with van der Waals surface area (Å²) in [6, 6.07) is 10.3. The summed E-state index contributed by atoms with van der Waals surface area (Å²) in [5.41, 5.74) is 3.38. The Bertz CT molecular complexity index is 531. The summed E-state index contributed by atoms with van der Waals surface area (Å²) in [5, 5.41) is 7.69. The predicted molar refractivity (Wildman–Crippen MR) is 80.7 cm³/mol. The van der Waals surface area contributed by atoms with Crippen molar-refractivity contribution >= 4 is 0 Å². The number of ether oxygens (including phenoxy) is 1. The second kappa shape index (κ2) is 7.10. The van der Waals surface area contributed by atoms with Gasteiger partial charge in [-0.15, -0.1) is 0 Å². The van der Waals surface area contributed by atoms with Gasteiger partial charge in [-0.1, -0.05) is 19.1 Å². The molecule has 0 saturated carbocycles. The van der Waals surface area contributed by atoms with Crippen molar-refractivity contribution in [3.8, 4) is 5.75 Å². The van der Waals surface area contributed by atoms with Crippen LogP contribution in [0, 0.1) is 6.92 Å². The van der Waals surface area contributed by atoms with Crippen molar-refractivity contribution in [3.63, 3.8) is 0 Å². The Hall–Kier alpha value is -1.81. The van der Waals surface area contributed by atoms with Gasteiger partial charge in [0.1, 0.15) is 12.4 Å². The molecule has 20 heavy (non-hydrogen) atoms. The van der Waals surface area contributed by atoms with E-state index in [9.17, 15) is 0 Å². The minimum atomic E-state index is 0.546. The minimum absolute atomic E-state index is 0.546. The summed E-state index contributed by atoms with van der Waals surface area (Å²) in [4.78, 5) is 0. The lowest BCUT2D eigenvalue weighted by Gasteiger charge is -2.08. The van der Waals surface area contributed by atoms with Crippen molar-refractivity contribution in [1.82, 2.24) is 15.1 Å². The molecule has 0 radical (unpaired) electrons. The molecule has 0 aliphatic rings. The maximum absolute atomic E-state index is 5.79. The number of nitrogens with zero attached hydrogens (tertiary/aromatic N) is 2. The van der Waals surface area contributed by atoms with Crippen LogP contribution in [0.5, 0.6) is 5.75 Å². The Kier molecular flexibility index (Phi) is 5.18. The summed E-state index contributed by atoms with van der Waals surface area (Å²) in [6.45, 7) is 6.67. The summed E-state index contributed by atoms with van der Waals surface area (Å²) >= 11 is 0. The van der Waals surface area contributed by atoms with E-state index in [0.717, 1.165) is 36.6 Å². The molecule has 0 fully saturated rings. The number of rotatable bonds is 7. The van der Waals surface area contributed by atoms with Crippen LogP contribution in [0.4, 0.5) is 0 Å². The Labute approximate surface area is 120 Å². The Morgan fingerprint density at radius 2 is 2.00 bits per heavy atom. The lowest BCUT2D eigenvalue weighted by atomic mass is 10.2. The fourth-order valence-corrected chi connectivity index (χ4v) is 2.07. The Morgan fingerprint density at radius 1 is 1.25 bits per heavy atom. The SMILES string of the molecule is CCCNCc1ccc(OCc2cc(C)nn2C)cc1. The van der Waals surface area contributed by atoms with Gasteiger partial charge in [-0.3, -0.25) is 4.68 Å². The molecule has 0 aliphatic heterocycles. The number of hydrogen-bond donors (Lipinski definition) is 1. The topological polar surface area (TPSA) is 39.1 Å². The van der Waals surface area contributed by atoms with E-state index < -0.39 is 0 Å². The largest absolute Gasteiger partial charge is 0.487 e. The van der Waals surface area contributed by atoms with E-state index in [1.54, 1.807) is 0 Å². The van der Waals surface area contributed by atoms with Gasteiger partial charge in [0.2, 0.25) is 0 Å². The highest BCUT2D eigenvalue weighted by Gasteiger charge is 2.03. The van der Waals surface area contributed by atoms with E-state index in [1.165, 1.54) is 5.56 Å². The molecule has 0 amide bonds. The second-order valence-electron chi connectivity index (χ2n) is 5.01. The average Bonchev–Trinajstić information content (AvgIpc) is 2.76. The van der Waals surface area contributed by atoms with Crippen LogP contribution in [0.1, 0.15) is 30.3 Å². The first-order valence-electron chi connectivity index (χ1n) is 7.11. The van der Waals surface area contributed by atoms with Gasteiger partial charge in [-0.2, -0.15) is 5.10 Å². The van der Waals surface area contributed by atoms with Gasteiger partial charge in [0, 0.05) is 13.6 Å². The monoisotopic (exact) mass is 273 g/mol. The minimum Gasteiger partial charge on any atom is -0.487 e. The zero-order valence-electron chi connectivity index (χ0n) is 12.5. The van der Waals surface area contributed by atoms with Gasteiger partial charge in [0.05, 0.1) is 11.4 Å². The van der Waals surface area contributed by atoms with Crippen molar-refractivity contribution in [2.75, 3.05) is 6.54 Å². The van der Waals surface area contributed by atoms with Gasteiger partial charge in [0.25, 0.3) is 0 Å². The quantitative estimate of drug-likeness (QED) is 0.788. The lowest BCUT2D eigenvalue weighted by molar-refractivity contribution is 0.295. The smallest absolute Gasteiger partial charge is 0.130 e. The van der Waals surface area contributed by atoms with Gasteiger partial charge >= 0.3 is 0 Å². The molecule has 4 nitrogen and oxygen atoms in total. The molecule has 0 atom stereocenters. The van der Waals surface area contributed by atoms with Gasteiger partial charge < -0.3 is 10.1 Å². The fraction of sp³-hybridized carbons (Fsp3) is 0.438. The standard InChI is InChI=1S/C16H23N3O/c1-4-9-17-11-14-5-7-16(8-6-14)20-12-15-10-13(2)18-19(15)3/h5-8,10,17H,4,9,11-12H2,1-3H3. The molecular formula is C16H23N3O. The summed E-state index contributed by atoms with van der Waals surface area (Å²) in [7, 11) is 1.94. The van der Waals surface area contributed by atoms with Crippen molar-refractivity contribution in [3.05, 3.63) is 47.3 Å². The van der Waals surface area contributed by atoms with E-state index in [4.69, 9.17) is 4.74 Å².